The molecule has 166 valence electrons. The van der Waals surface area contributed by atoms with Crippen molar-refractivity contribution in [1.29, 1.82) is 0 Å². The molecule has 6 nitrogen and oxygen atoms in total. The first-order valence-corrected chi connectivity index (χ1v) is 12.1. The van der Waals surface area contributed by atoms with Gasteiger partial charge in [0.25, 0.3) is 0 Å². The van der Waals surface area contributed by atoms with Crippen molar-refractivity contribution in [3.05, 3.63) is 42.0 Å². The predicted molar refractivity (Wildman–Crippen MR) is 119 cm³/mol. The Labute approximate surface area is 179 Å². The number of phosphoric acid groups is 1. The maximum Gasteiger partial charge on any atom is 0.469 e. The van der Waals surface area contributed by atoms with Crippen LogP contribution in [-0.2, 0) is 14.6 Å². The van der Waals surface area contributed by atoms with Gasteiger partial charge in [-0.1, -0.05) is 39.0 Å². The molecule has 1 aliphatic rings. The molecule has 1 fully saturated rings. The number of nitrogens with two attached hydrogens (primary N) is 1. The summed E-state index contributed by atoms with van der Waals surface area (Å²) in [5.74, 6) is 1.63. The van der Waals surface area contributed by atoms with Crippen LogP contribution in [0.2, 0.25) is 0 Å². The van der Waals surface area contributed by atoms with Gasteiger partial charge in [0.15, 0.2) is 0 Å². The molecule has 0 aliphatic heterocycles. The molecule has 0 radical (unpaired) electrons. The van der Waals surface area contributed by atoms with Crippen LogP contribution in [0.3, 0.4) is 0 Å². The first kappa shape index (κ1) is 23.2. The summed E-state index contributed by atoms with van der Waals surface area (Å²) in [6.45, 7) is 8.37. The average Bonchev–Trinajstić information content (AvgIpc) is 2.65. The third-order valence-corrected chi connectivity index (χ3v) is 6.67. The Morgan fingerprint density at radius 3 is 2.20 bits per heavy atom. The van der Waals surface area contributed by atoms with Crippen molar-refractivity contribution in [3.8, 4) is 5.75 Å². The van der Waals surface area contributed by atoms with E-state index in [1.165, 1.54) is 12.8 Å². The van der Waals surface area contributed by atoms with Gasteiger partial charge >= 0.3 is 7.82 Å². The number of ether oxygens (including phenoxy) is 1. The van der Waals surface area contributed by atoms with Crippen LogP contribution in [0.25, 0.3) is 10.8 Å². The summed E-state index contributed by atoms with van der Waals surface area (Å²) in [5.41, 5.74) is 6.33. The number of benzene rings is 2. The van der Waals surface area contributed by atoms with Gasteiger partial charge in [-0.15, -0.1) is 0 Å². The summed E-state index contributed by atoms with van der Waals surface area (Å²) in [5, 5.41) is 2.02. The molecule has 1 saturated carbocycles. The molecule has 0 saturated heterocycles. The van der Waals surface area contributed by atoms with Gasteiger partial charge in [-0.25, -0.2) is 4.57 Å². The SMILES string of the molecule is CC(C)(C)C1CCC(Oc2ccc3cc([C@@](C)(N)COP(=O)(O)O)ccc3c2)CC1. The molecule has 0 unspecified atom stereocenters. The topological polar surface area (TPSA) is 102 Å². The summed E-state index contributed by atoms with van der Waals surface area (Å²) in [7, 11) is -4.57. The van der Waals surface area contributed by atoms with Crippen molar-refractivity contribution in [1.82, 2.24) is 0 Å². The van der Waals surface area contributed by atoms with E-state index in [1.807, 2.05) is 36.4 Å². The lowest BCUT2D eigenvalue weighted by Gasteiger charge is -2.37. The molecule has 0 amide bonds. The minimum absolute atomic E-state index is 0.262. The number of rotatable bonds is 6. The van der Waals surface area contributed by atoms with Crippen molar-refractivity contribution in [2.45, 2.75) is 65.0 Å². The van der Waals surface area contributed by atoms with E-state index in [9.17, 15) is 4.57 Å². The third kappa shape index (κ3) is 6.05. The summed E-state index contributed by atoms with van der Waals surface area (Å²) in [6, 6.07) is 11.8. The number of hydrogen-bond acceptors (Lipinski definition) is 4. The van der Waals surface area contributed by atoms with E-state index in [0.717, 1.165) is 40.8 Å². The van der Waals surface area contributed by atoms with Gasteiger partial charge in [-0.05, 0) is 78.5 Å². The fourth-order valence-corrected chi connectivity index (χ4v) is 4.63. The van der Waals surface area contributed by atoms with E-state index in [4.69, 9.17) is 20.3 Å². The second-order valence-electron chi connectivity index (χ2n) is 9.86. The van der Waals surface area contributed by atoms with Crippen molar-refractivity contribution in [2.75, 3.05) is 6.61 Å². The highest BCUT2D eigenvalue weighted by atomic mass is 31.2. The van der Waals surface area contributed by atoms with E-state index in [1.54, 1.807) is 6.92 Å². The average molecular weight is 436 g/mol. The van der Waals surface area contributed by atoms with Crippen LogP contribution in [0.4, 0.5) is 0 Å². The Kier molecular flexibility index (Phi) is 6.66. The smallest absolute Gasteiger partial charge is 0.469 e. The lowest BCUT2D eigenvalue weighted by Crippen LogP contribution is -2.37. The van der Waals surface area contributed by atoms with Gasteiger partial charge in [0, 0.05) is 0 Å². The quantitative estimate of drug-likeness (QED) is 0.545. The first-order chi connectivity index (χ1) is 13.8. The zero-order chi connectivity index (χ0) is 22.2. The fraction of sp³-hybridized carbons (Fsp3) is 0.565. The van der Waals surface area contributed by atoms with E-state index in [0.29, 0.717) is 5.41 Å². The second-order valence-corrected chi connectivity index (χ2v) is 11.1. The summed E-state index contributed by atoms with van der Waals surface area (Å²) in [6.07, 6.45) is 4.85. The number of phosphoric ester groups is 1. The van der Waals surface area contributed by atoms with Crippen molar-refractivity contribution >= 4 is 18.6 Å². The monoisotopic (exact) mass is 435 g/mol. The van der Waals surface area contributed by atoms with Gasteiger partial charge in [0.05, 0.1) is 18.2 Å². The predicted octanol–water partition coefficient (Wildman–Crippen LogP) is 5.11. The highest BCUT2D eigenvalue weighted by Crippen LogP contribution is 2.40. The molecule has 0 aromatic heterocycles. The van der Waals surface area contributed by atoms with Gasteiger partial charge < -0.3 is 20.3 Å². The van der Waals surface area contributed by atoms with Crippen molar-refractivity contribution in [2.24, 2.45) is 17.1 Å². The van der Waals surface area contributed by atoms with E-state index in [2.05, 4.69) is 25.3 Å². The maximum atomic E-state index is 11.0. The molecule has 3 rings (SSSR count). The molecule has 0 heterocycles. The molecular formula is C23H34NO5P. The summed E-state index contributed by atoms with van der Waals surface area (Å²) < 4.78 is 21.9. The molecule has 2 aromatic rings. The zero-order valence-corrected chi connectivity index (χ0v) is 19.2. The van der Waals surface area contributed by atoms with Crippen molar-refractivity contribution < 1.29 is 23.6 Å². The normalized spacial score (nSPS) is 22.6. The van der Waals surface area contributed by atoms with Crippen LogP contribution >= 0.6 is 7.82 Å². The molecule has 4 N–H and O–H groups in total. The Morgan fingerprint density at radius 1 is 1.00 bits per heavy atom. The standard InChI is InChI=1S/C23H34NO5P/c1-22(2,3)18-8-11-20(12-9-18)29-21-10-6-16-13-19(7-5-17(16)14-21)23(4,24)15-28-30(25,26)27/h5-7,10,13-14,18,20H,8-9,11-12,15,24H2,1-4H3,(H2,25,26,27)/t18?,20?,23-/m0/s1. The molecule has 1 atom stereocenters. The lowest BCUT2D eigenvalue weighted by molar-refractivity contribution is 0.0883. The van der Waals surface area contributed by atoms with Crippen LogP contribution in [0.1, 0.15) is 58.9 Å². The largest absolute Gasteiger partial charge is 0.490 e. The molecule has 1 aliphatic carbocycles. The molecule has 7 heteroatoms. The lowest BCUT2D eigenvalue weighted by atomic mass is 9.72. The molecule has 30 heavy (non-hydrogen) atoms. The Balaban J connectivity index is 1.68. The van der Waals surface area contributed by atoms with Crippen LogP contribution in [0.15, 0.2) is 36.4 Å². The molecular weight excluding hydrogens is 401 g/mol. The van der Waals surface area contributed by atoms with Crippen LogP contribution < -0.4 is 10.5 Å². The summed E-state index contributed by atoms with van der Waals surface area (Å²) >= 11 is 0. The molecule has 2 aromatic carbocycles. The minimum Gasteiger partial charge on any atom is -0.490 e. The van der Waals surface area contributed by atoms with Crippen LogP contribution in [0.5, 0.6) is 5.75 Å². The van der Waals surface area contributed by atoms with Gasteiger partial charge in [-0.3, -0.25) is 4.52 Å². The third-order valence-electron chi connectivity index (χ3n) is 6.21. The number of hydrogen-bond donors (Lipinski definition) is 3. The Morgan fingerprint density at radius 2 is 1.60 bits per heavy atom. The van der Waals surface area contributed by atoms with E-state index in [-0.39, 0.29) is 12.7 Å². The van der Waals surface area contributed by atoms with Crippen molar-refractivity contribution in [3.63, 3.8) is 0 Å². The van der Waals surface area contributed by atoms with Gasteiger partial charge in [0.1, 0.15) is 5.75 Å². The van der Waals surface area contributed by atoms with Crippen LogP contribution in [-0.4, -0.2) is 22.5 Å². The molecule has 0 spiro atoms. The van der Waals surface area contributed by atoms with E-state index < -0.39 is 13.4 Å². The minimum atomic E-state index is -4.57. The van der Waals surface area contributed by atoms with Crippen LogP contribution in [0, 0.1) is 11.3 Å². The summed E-state index contributed by atoms with van der Waals surface area (Å²) in [4.78, 5) is 17.9. The second kappa shape index (κ2) is 8.60. The fourth-order valence-electron chi connectivity index (χ4n) is 4.19. The van der Waals surface area contributed by atoms with Gasteiger partial charge in [-0.2, -0.15) is 0 Å². The highest BCUT2D eigenvalue weighted by molar-refractivity contribution is 7.46. The Hall–Kier alpha value is -1.43. The molecule has 0 bridgehead atoms. The number of fused-ring (bicyclic) bond motifs is 1. The van der Waals surface area contributed by atoms with E-state index >= 15 is 0 Å². The highest BCUT2D eigenvalue weighted by Gasteiger charge is 2.30. The zero-order valence-electron chi connectivity index (χ0n) is 18.3. The maximum absolute atomic E-state index is 11.0. The first-order valence-electron chi connectivity index (χ1n) is 10.5. The van der Waals surface area contributed by atoms with Gasteiger partial charge in [0.2, 0.25) is 0 Å². The Bertz CT molecular complexity index is 923.